The summed E-state index contributed by atoms with van der Waals surface area (Å²) in [5, 5.41) is 5.77. The van der Waals surface area contributed by atoms with E-state index < -0.39 is 13.0 Å². The lowest BCUT2D eigenvalue weighted by molar-refractivity contribution is 0.0818. The molecular weight excluding hydrogens is 338 g/mol. The van der Waals surface area contributed by atoms with Gasteiger partial charge in [-0.25, -0.2) is 13.6 Å². The third-order valence-electron chi connectivity index (χ3n) is 3.84. The fraction of sp³-hybridized carbons (Fsp3) is 0.350. The summed E-state index contributed by atoms with van der Waals surface area (Å²) >= 11 is 0. The molecule has 140 valence electrons. The van der Waals surface area contributed by atoms with E-state index >= 15 is 0 Å². The smallest absolute Gasteiger partial charge is 0.315 e. The lowest BCUT2D eigenvalue weighted by Gasteiger charge is -2.23. The maximum absolute atomic E-state index is 12.3. The standard InChI is InChI=1S/C20H24F2N2O2/c1-14(2)19(16-8-4-3-5-9-16)24-20(25)23-12-15-7-6-10-17(11-15)26-13-18(21)22/h3-11,14,18-19H,12-13H2,1-2H3,(H2,23,24,25). The van der Waals surface area contributed by atoms with E-state index in [1.165, 1.54) is 0 Å². The average molecular weight is 362 g/mol. The summed E-state index contributed by atoms with van der Waals surface area (Å²) in [5.74, 6) is 0.587. The van der Waals surface area contributed by atoms with Crippen molar-refractivity contribution in [1.82, 2.24) is 10.6 Å². The molecule has 0 heterocycles. The molecule has 0 aliphatic heterocycles. The minimum Gasteiger partial charge on any atom is -0.488 e. The Bertz CT molecular complexity index is 693. The van der Waals surface area contributed by atoms with Gasteiger partial charge in [0.1, 0.15) is 12.4 Å². The summed E-state index contributed by atoms with van der Waals surface area (Å²) in [5.41, 5.74) is 1.81. The lowest BCUT2D eigenvalue weighted by atomic mass is 9.96. The number of urea groups is 1. The molecule has 0 aliphatic carbocycles. The molecule has 0 spiro atoms. The van der Waals surface area contributed by atoms with Crippen LogP contribution in [0, 0.1) is 5.92 Å². The Labute approximate surface area is 152 Å². The SMILES string of the molecule is CC(C)C(NC(=O)NCc1cccc(OCC(F)F)c1)c1ccccc1. The van der Waals surface area contributed by atoms with Crippen LogP contribution < -0.4 is 15.4 Å². The second kappa shape index (κ2) is 9.75. The number of hydrogen-bond donors (Lipinski definition) is 2. The van der Waals surface area contributed by atoms with Gasteiger partial charge in [-0.1, -0.05) is 56.3 Å². The molecular formula is C20H24F2N2O2. The molecule has 2 N–H and O–H groups in total. The Balaban J connectivity index is 1.90. The van der Waals surface area contributed by atoms with Crippen LogP contribution in [-0.2, 0) is 6.54 Å². The Morgan fingerprint density at radius 1 is 1.08 bits per heavy atom. The molecule has 4 nitrogen and oxygen atoms in total. The van der Waals surface area contributed by atoms with Crippen LogP contribution in [0.25, 0.3) is 0 Å². The number of carbonyl (C=O) groups excluding carboxylic acids is 1. The van der Waals surface area contributed by atoms with E-state index in [0.29, 0.717) is 5.75 Å². The minimum atomic E-state index is -2.52. The van der Waals surface area contributed by atoms with Crippen LogP contribution in [0.2, 0.25) is 0 Å². The normalized spacial score (nSPS) is 12.1. The highest BCUT2D eigenvalue weighted by Gasteiger charge is 2.17. The third kappa shape index (κ3) is 6.35. The Morgan fingerprint density at radius 3 is 2.46 bits per heavy atom. The Hall–Kier alpha value is -2.63. The highest BCUT2D eigenvalue weighted by molar-refractivity contribution is 5.74. The van der Waals surface area contributed by atoms with E-state index in [4.69, 9.17) is 4.74 Å². The molecule has 0 fully saturated rings. The van der Waals surface area contributed by atoms with Crippen LogP contribution in [0.1, 0.15) is 31.0 Å². The number of carbonyl (C=O) groups is 1. The first-order valence-electron chi connectivity index (χ1n) is 8.55. The molecule has 0 bridgehead atoms. The highest BCUT2D eigenvalue weighted by atomic mass is 19.3. The number of benzene rings is 2. The summed E-state index contributed by atoms with van der Waals surface area (Å²) in [7, 11) is 0. The van der Waals surface area contributed by atoms with Crippen LogP contribution in [0.15, 0.2) is 54.6 Å². The zero-order valence-electron chi connectivity index (χ0n) is 14.9. The van der Waals surface area contributed by atoms with E-state index in [2.05, 4.69) is 10.6 Å². The summed E-state index contributed by atoms with van der Waals surface area (Å²) in [6, 6.07) is 16.1. The van der Waals surface area contributed by atoms with E-state index in [1.807, 2.05) is 44.2 Å². The first kappa shape index (κ1) is 19.7. The maximum atomic E-state index is 12.3. The van der Waals surface area contributed by atoms with E-state index in [-0.39, 0.29) is 24.5 Å². The minimum absolute atomic E-state index is 0.100. The molecule has 0 aliphatic rings. The van der Waals surface area contributed by atoms with Gasteiger partial charge in [0, 0.05) is 6.54 Å². The van der Waals surface area contributed by atoms with Crippen molar-refractivity contribution < 1.29 is 18.3 Å². The van der Waals surface area contributed by atoms with Crippen molar-refractivity contribution in [3.8, 4) is 5.75 Å². The number of halogens is 2. The van der Waals surface area contributed by atoms with Gasteiger partial charge in [0.2, 0.25) is 0 Å². The van der Waals surface area contributed by atoms with Crippen molar-refractivity contribution in [3.63, 3.8) is 0 Å². The number of ether oxygens (including phenoxy) is 1. The predicted octanol–water partition coefficient (Wildman–Crippen LogP) is 4.53. The van der Waals surface area contributed by atoms with Crippen LogP contribution in [0.3, 0.4) is 0 Å². The molecule has 26 heavy (non-hydrogen) atoms. The molecule has 0 saturated carbocycles. The first-order valence-corrected chi connectivity index (χ1v) is 8.55. The Kier molecular flexibility index (Phi) is 7.38. The number of rotatable bonds is 8. The van der Waals surface area contributed by atoms with Gasteiger partial charge in [0.05, 0.1) is 6.04 Å². The molecule has 2 rings (SSSR count). The van der Waals surface area contributed by atoms with Crippen LogP contribution in [0.5, 0.6) is 5.75 Å². The molecule has 2 amide bonds. The average Bonchev–Trinajstić information content (AvgIpc) is 2.63. The fourth-order valence-corrected chi connectivity index (χ4v) is 2.57. The monoisotopic (exact) mass is 362 g/mol. The van der Waals surface area contributed by atoms with Gasteiger partial charge in [0.25, 0.3) is 6.43 Å². The summed E-state index contributed by atoms with van der Waals surface area (Å²) < 4.78 is 29.4. The van der Waals surface area contributed by atoms with Crippen molar-refractivity contribution in [3.05, 3.63) is 65.7 Å². The van der Waals surface area contributed by atoms with Gasteiger partial charge in [-0.05, 0) is 29.2 Å². The topological polar surface area (TPSA) is 50.4 Å². The maximum Gasteiger partial charge on any atom is 0.315 e. The molecule has 0 aromatic heterocycles. The molecule has 1 unspecified atom stereocenters. The number of nitrogens with one attached hydrogen (secondary N) is 2. The molecule has 2 aromatic carbocycles. The number of amides is 2. The van der Waals surface area contributed by atoms with E-state index in [9.17, 15) is 13.6 Å². The molecule has 0 radical (unpaired) electrons. The highest BCUT2D eigenvalue weighted by Crippen LogP contribution is 2.21. The van der Waals surface area contributed by atoms with Gasteiger partial charge in [-0.2, -0.15) is 0 Å². The third-order valence-corrected chi connectivity index (χ3v) is 3.84. The molecule has 0 saturated heterocycles. The first-order chi connectivity index (χ1) is 12.5. The second-order valence-corrected chi connectivity index (χ2v) is 6.31. The van der Waals surface area contributed by atoms with Crippen molar-refractivity contribution in [2.75, 3.05) is 6.61 Å². The largest absolute Gasteiger partial charge is 0.488 e. The van der Waals surface area contributed by atoms with Crippen LogP contribution in [-0.4, -0.2) is 19.1 Å². The molecule has 2 aromatic rings. The van der Waals surface area contributed by atoms with Gasteiger partial charge in [-0.15, -0.1) is 0 Å². The van der Waals surface area contributed by atoms with Gasteiger partial charge < -0.3 is 15.4 Å². The predicted molar refractivity (Wildman–Crippen MR) is 97.3 cm³/mol. The van der Waals surface area contributed by atoms with E-state index in [1.54, 1.807) is 24.3 Å². The zero-order chi connectivity index (χ0) is 18.9. The van der Waals surface area contributed by atoms with E-state index in [0.717, 1.165) is 11.1 Å². The van der Waals surface area contributed by atoms with Gasteiger partial charge in [0.15, 0.2) is 0 Å². The van der Waals surface area contributed by atoms with Crippen LogP contribution in [0.4, 0.5) is 13.6 Å². The van der Waals surface area contributed by atoms with Gasteiger partial charge >= 0.3 is 6.03 Å². The fourth-order valence-electron chi connectivity index (χ4n) is 2.57. The summed E-state index contributed by atoms with van der Waals surface area (Å²) in [6.07, 6.45) is -2.52. The number of alkyl halides is 2. The molecule has 1 atom stereocenters. The van der Waals surface area contributed by atoms with Crippen molar-refractivity contribution in [1.29, 1.82) is 0 Å². The van der Waals surface area contributed by atoms with Crippen molar-refractivity contribution in [2.24, 2.45) is 5.92 Å². The second-order valence-electron chi connectivity index (χ2n) is 6.31. The Morgan fingerprint density at radius 2 is 1.81 bits per heavy atom. The number of hydrogen-bond acceptors (Lipinski definition) is 2. The van der Waals surface area contributed by atoms with Crippen molar-refractivity contribution >= 4 is 6.03 Å². The quantitative estimate of drug-likeness (QED) is 0.725. The molecule has 6 heteroatoms. The zero-order valence-corrected chi connectivity index (χ0v) is 14.9. The summed E-state index contributed by atoms with van der Waals surface area (Å²) in [4.78, 5) is 12.3. The van der Waals surface area contributed by atoms with Gasteiger partial charge in [-0.3, -0.25) is 0 Å². The van der Waals surface area contributed by atoms with Crippen molar-refractivity contribution in [2.45, 2.75) is 32.9 Å². The summed E-state index contributed by atoms with van der Waals surface area (Å²) in [6.45, 7) is 3.71. The van der Waals surface area contributed by atoms with Crippen LogP contribution >= 0.6 is 0 Å². The lowest BCUT2D eigenvalue weighted by Crippen LogP contribution is -2.39.